The molecule has 0 spiro atoms. The number of hydrogen-bond donors (Lipinski definition) is 1. The Hall–Kier alpha value is -2.80. The molecule has 0 aliphatic heterocycles. The van der Waals surface area contributed by atoms with Crippen molar-refractivity contribution in [3.8, 4) is 11.5 Å². The van der Waals surface area contributed by atoms with E-state index in [-0.39, 0.29) is 29.8 Å². The molecule has 8 heteroatoms. The monoisotopic (exact) mass is 349 g/mol. The molecule has 1 heterocycles. The van der Waals surface area contributed by atoms with Crippen LogP contribution < -0.4 is 5.32 Å². The fourth-order valence-corrected chi connectivity index (χ4v) is 2.12. The van der Waals surface area contributed by atoms with Gasteiger partial charge in [0.15, 0.2) is 0 Å². The number of rotatable bonds is 4. The number of halogens is 3. The number of nitrogens with one attached hydrogen (secondary N) is 1. The largest absolute Gasteiger partial charge is 0.403 e. The van der Waals surface area contributed by atoms with E-state index < -0.39 is 11.6 Å². The summed E-state index contributed by atoms with van der Waals surface area (Å²) in [4.78, 5) is 11.9. The molecule has 3 rings (SSSR count). The fraction of sp³-hybridized carbons (Fsp3) is 0.0625. The number of anilines is 1. The molecule has 2 aromatic carbocycles. The van der Waals surface area contributed by atoms with Crippen LogP contribution in [-0.4, -0.2) is 16.1 Å². The Labute approximate surface area is 140 Å². The first-order valence-electron chi connectivity index (χ1n) is 6.84. The maximum Gasteiger partial charge on any atom is 0.322 e. The van der Waals surface area contributed by atoms with Crippen molar-refractivity contribution in [1.29, 1.82) is 0 Å². The third kappa shape index (κ3) is 3.75. The Morgan fingerprint density at radius 1 is 1.12 bits per heavy atom. The van der Waals surface area contributed by atoms with Crippen molar-refractivity contribution in [2.75, 3.05) is 5.32 Å². The van der Waals surface area contributed by atoms with Gasteiger partial charge in [-0.05, 0) is 29.8 Å². The topological polar surface area (TPSA) is 68.0 Å². The molecule has 122 valence electrons. The van der Waals surface area contributed by atoms with Gasteiger partial charge >= 0.3 is 6.01 Å². The molecule has 0 bridgehead atoms. The average Bonchev–Trinajstić information content (AvgIpc) is 2.97. The Morgan fingerprint density at radius 3 is 2.58 bits per heavy atom. The molecular formula is C16H10ClF2N3O2. The number of carbonyl (C=O) groups excluding carboxylic acids is 1. The summed E-state index contributed by atoms with van der Waals surface area (Å²) in [5.74, 6) is -2.09. The minimum Gasteiger partial charge on any atom is -0.403 e. The van der Waals surface area contributed by atoms with Crippen LogP contribution in [-0.2, 0) is 11.2 Å². The normalized spacial score (nSPS) is 10.6. The van der Waals surface area contributed by atoms with Crippen molar-refractivity contribution in [2.45, 2.75) is 6.42 Å². The summed E-state index contributed by atoms with van der Waals surface area (Å²) in [7, 11) is 0. The Morgan fingerprint density at radius 2 is 1.88 bits per heavy atom. The highest BCUT2D eigenvalue weighted by Crippen LogP contribution is 2.23. The molecule has 0 unspecified atom stereocenters. The van der Waals surface area contributed by atoms with Gasteiger partial charge in [0.2, 0.25) is 5.91 Å². The van der Waals surface area contributed by atoms with Gasteiger partial charge in [0.25, 0.3) is 5.89 Å². The van der Waals surface area contributed by atoms with E-state index in [0.717, 1.165) is 11.6 Å². The second-order valence-electron chi connectivity index (χ2n) is 4.89. The number of benzene rings is 2. The van der Waals surface area contributed by atoms with Gasteiger partial charge in [-0.3, -0.25) is 10.1 Å². The van der Waals surface area contributed by atoms with Gasteiger partial charge < -0.3 is 4.42 Å². The number of carbonyl (C=O) groups is 1. The minimum atomic E-state index is -0.835. The van der Waals surface area contributed by atoms with Gasteiger partial charge in [-0.25, -0.2) is 8.78 Å². The van der Waals surface area contributed by atoms with E-state index in [0.29, 0.717) is 11.1 Å². The van der Waals surface area contributed by atoms with E-state index >= 15 is 0 Å². The van der Waals surface area contributed by atoms with Crippen LogP contribution >= 0.6 is 11.6 Å². The second kappa shape index (κ2) is 6.76. The molecule has 24 heavy (non-hydrogen) atoms. The molecule has 1 N–H and O–H groups in total. The van der Waals surface area contributed by atoms with E-state index in [9.17, 15) is 13.6 Å². The molecule has 3 aromatic rings. The average molecular weight is 350 g/mol. The minimum absolute atomic E-state index is 0.0536. The molecule has 0 saturated carbocycles. The van der Waals surface area contributed by atoms with Gasteiger partial charge in [-0.1, -0.05) is 28.8 Å². The van der Waals surface area contributed by atoms with Crippen LogP contribution in [0.15, 0.2) is 46.9 Å². The first-order chi connectivity index (χ1) is 11.5. The number of nitrogens with zero attached hydrogens (tertiary/aromatic N) is 2. The van der Waals surface area contributed by atoms with Crippen LogP contribution in [0.4, 0.5) is 14.8 Å². The lowest BCUT2D eigenvalue weighted by Crippen LogP contribution is -2.14. The van der Waals surface area contributed by atoms with Crippen molar-refractivity contribution < 1.29 is 18.0 Å². The van der Waals surface area contributed by atoms with Gasteiger partial charge in [0.1, 0.15) is 11.6 Å². The van der Waals surface area contributed by atoms with E-state index in [1.807, 2.05) is 0 Å². The zero-order valence-corrected chi connectivity index (χ0v) is 12.8. The number of hydrogen-bond acceptors (Lipinski definition) is 4. The van der Waals surface area contributed by atoms with E-state index in [2.05, 4.69) is 15.5 Å². The van der Waals surface area contributed by atoms with Crippen molar-refractivity contribution in [3.05, 3.63) is 64.7 Å². The lowest BCUT2D eigenvalue weighted by Gasteiger charge is -2.01. The van der Waals surface area contributed by atoms with Gasteiger partial charge in [-0.2, -0.15) is 0 Å². The lowest BCUT2D eigenvalue weighted by molar-refractivity contribution is -0.115. The summed E-state index contributed by atoms with van der Waals surface area (Å²) in [5.41, 5.74) is 0.698. The zero-order chi connectivity index (χ0) is 17.1. The van der Waals surface area contributed by atoms with Crippen LogP contribution in [0.1, 0.15) is 5.56 Å². The van der Waals surface area contributed by atoms with Crippen LogP contribution in [0.2, 0.25) is 5.02 Å². The smallest absolute Gasteiger partial charge is 0.322 e. The van der Waals surface area contributed by atoms with Crippen LogP contribution in [0.3, 0.4) is 0 Å². The summed E-state index contributed by atoms with van der Waals surface area (Å²) < 4.78 is 31.7. The predicted molar refractivity (Wildman–Crippen MR) is 83.4 cm³/mol. The molecule has 1 aromatic heterocycles. The standard InChI is InChI=1S/C16H10ClF2N3O2/c17-10-3-1-9(2-4-10)7-14(23)20-16-22-21-15(24-16)12-6-5-11(18)8-13(12)19/h1-6,8H,7H2,(H,20,22,23). The maximum atomic E-state index is 13.7. The first kappa shape index (κ1) is 16.1. The van der Waals surface area contributed by atoms with E-state index in [1.165, 1.54) is 6.07 Å². The molecular weight excluding hydrogens is 340 g/mol. The Balaban J connectivity index is 1.69. The van der Waals surface area contributed by atoms with Gasteiger partial charge in [0.05, 0.1) is 12.0 Å². The highest BCUT2D eigenvalue weighted by atomic mass is 35.5. The van der Waals surface area contributed by atoms with Crippen molar-refractivity contribution in [1.82, 2.24) is 10.2 Å². The lowest BCUT2D eigenvalue weighted by atomic mass is 10.1. The molecule has 0 fully saturated rings. The molecule has 0 aliphatic rings. The Bertz CT molecular complexity index is 881. The number of aromatic nitrogens is 2. The fourth-order valence-electron chi connectivity index (χ4n) is 2.00. The quantitative estimate of drug-likeness (QED) is 0.776. The molecule has 0 aliphatic carbocycles. The third-order valence-corrected chi connectivity index (χ3v) is 3.36. The van der Waals surface area contributed by atoms with Crippen LogP contribution in [0.25, 0.3) is 11.5 Å². The third-order valence-electron chi connectivity index (χ3n) is 3.11. The van der Waals surface area contributed by atoms with Gasteiger partial charge in [0, 0.05) is 11.1 Å². The summed E-state index contributed by atoms with van der Waals surface area (Å²) in [6.45, 7) is 0. The SMILES string of the molecule is O=C(Cc1ccc(Cl)cc1)Nc1nnc(-c2ccc(F)cc2F)o1. The summed E-state index contributed by atoms with van der Waals surface area (Å²) in [5, 5.41) is 10.2. The van der Waals surface area contributed by atoms with Crippen molar-refractivity contribution >= 4 is 23.5 Å². The highest BCUT2D eigenvalue weighted by molar-refractivity contribution is 6.30. The number of amides is 1. The molecule has 1 amide bonds. The highest BCUT2D eigenvalue weighted by Gasteiger charge is 2.15. The van der Waals surface area contributed by atoms with Crippen LogP contribution in [0, 0.1) is 11.6 Å². The van der Waals surface area contributed by atoms with E-state index in [4.69, 9.17) is 16.0 Å². The Kier molecular flexibility index (Phi) is 4.52. The van der Waals surface area contributed by atoms with Crippen LogP contribution in [0.5, 0.6) is 0 Å². The van der Waals surface area contributed by atoms with Gasteiger partial charge in [-0.15, -0.1) is 5.10 Å². The van der Waals surface area contributed by atoms with Crippen molar-refractivity contribution in [3.63, 3.8) is 0 Å². The molecule has 0 radical (unpaired) electrons. The zero-order valence-electron chi connectivity index (χ0n) is 12.1. The predicted octanol–water partition coefficient (Wildman–Crippen LogP) is 3.85. The summed E-state index contributed by atoms with van der Waals surface area (Å²) in [6, 6.07) is 9.56. The molecule has 0 atom stereocenters. The molecule has 0 saturated heterocycles. The summed E-state index contributed by atoms with van der Waals surface area (Å²) in [6.07, 6.45) is 0.0831. The van der Waals surface area contributed by atoms with Crippen molar-refractivity contribution in [2.24, 2.45) is 0 Å². The summed E-state index contributed by atoms with van der Waals surface area (Å²) >= 11 is 5.77. The van der Waals surface area contributed by atoms with E-state index in [1.54, 1.807) is 24.3 Å². The second-order valence-corrected chi connectivity index (χ2v) is 5.32. The molecule has 5 nitrogen and oxygen atoms in total. The maximum absolute atomic E-state index is 13.7. The first-order valence-corrected chi connectivity index (χ1v) is 7.22.